The Labute approximate surface area is 72.6 Å². The summed E-state index contributed by atoms with van der Waals surface area (Å²) in [5.74, 6) is 0. The van der Waals surface area contributed by atoms with Gasteiger partial charge < -0.3 is 4.74 Å². The zero-order chi connectivity index (χ0) is 8.44. The Morgan fingerprint density at radius 2 is 2.17 bits per heavy atom. The van der Waals surface area contributed by atoms with Crippen molar-refractivity contribution in [2.45, 2.75) is 25.4 Å². The third-order valence-electron chi connectivity index (χ3n) is 2.51. The van der Waals surface area contributed by atoms with E-state index in [-0.39, 0.29) is 5.60 Å². The van der Waals surface area contributed by atoms with Crippen LogP contribution in [0.3, 0.4) is 0 Å². The van der Waals surface area contributed by atoms with E-state index in [0.29, 0.717) is 0 Å². The van der Waals surface area contributed by atoms with E-state index in [2.05, 4.69) is 11.9 Å². The van der Waals surface area contributed by atoms with Crippen LogP contribution in [0.15, 0.2) is 24.5 Å². The van der Waals surface area contributed by atoms with Crippen LogP contribution < -0.4 is 0 Å². The molecule has 1 aliphatic heterocycles. The Morgan fingerprint density at radius 3 is 2.75 bits per heavy atom. The molecule has 1 aromatic heterocycles. The zero-order valence-electron chi connectivity index (χ0n) is 7.29. The highest BCUT2D eigenvalue weighted by Gasteiger charge is 2.31. The highest BCUT2D eigenvalue weighted by atomic mass is 16.5. The number of ether oxygens (including phenoxy) is 1. The van der Waals surface area contributed by atoms with Crippen LogP contribution in [0.5, 0.6) is 0 Å². The van der Waals surface area contributed by atoms with Gasteiger partial charge in [0.15, 0.2) is 0 Å². The van der Waals surface area contributed by atoms with Gasteiger partial charge in [0.2, 0.25) is 0 Å². The predicted octanol–water partition coefficient (Wildman–Crippen LogP) is 2.11. The van der Waals surface area contributed by atoms with E-state index >= 15 is 0 Å². The molecule has 1 aromatic rings. The van der Waals surface area contributed by atoms with Crippen molar-refractivity contribution in [3.63, 3.8) is 0 Å². The molecule has 1 unspecified atom stereocenters. The van der Waals surface area contributed by atoms with Crippen molar-refractivity contribution in [2.24, 2.45) is 0 Å². The molecule has 2 heterocycles. The summed E-state index contributed by atoms with van der Waals surface area (Å²) < 4.78 is 5.70. The fourth-order valence-electron chi connectivity index (χ4n) is 1.71. The van der Waals surface area contributed by atoms with E-state index in [1.54, 1.807) is 0 Å². The molecule has 0 aliphatic carbocycles. The van der Waals surface area contributed by atoms with Crippen molar-refractivity contribution >= 4 is 0 Å². The summed E-state index contributed by atoms with van der Waals surface area (Å²) in [4.78, 5) is 3.99. The predicted molar refractivity (Wildman–Crippen MR) is 46.8 cm³/mol. The first kappa shape index (κ1) is 7.74. The second kappa shape index (κ2) is 2.87. The first-order chi connectivity index (χ1) is 5.81. The van der Waals surface area contributed by atoms with Crippen LogP contribution in [0.2, 0.25) is 0 Å². The second-order valence-electron chi connectivity index (χ2n) is 3.42. The second-order valence-corrected chi connectivity index (χ2v) is 3.42. The molecule has 2 rings (SSSR count). The summed E-state index contributed by atoms with van der Waals surface area (Å²) in [7, 11) is 0. The van der Waals surface area contributed by atoms with E-state index in [4.69, 9.17) is 4.74 Å². The fraction of sp³-hybridized carbons (Fsp3) is 0.500. The molecule has 1 aliphatic rings. The van der Waals surface area contributed by atoms with Gasteiger partial charge in [0.05, 0.1) is 5.60 Å². The number of rotatable bonds is 1. The van der Waals surface area contributed by atoms with Crippen molar-refractivity contribution in [3.8, 4) is 0 Å². The molecule has 1 atom stereocenters. The summed E-state index contributed by atoms with van der Waals surface area (Å²) in [5, 5.41) is 0. The summed E-state index contributed by atoms with van der Waals surface area (Å²) in [6.45, 7) is 3.04. The van der Waals surface area contributed by atoms with Crippen LogP contribution in [0.1, 0.15) is 25.3 Å². The first-order valence-electron chi connectivity index (χ1n) is 4.36. The van der Waals surface area contributed by atoms with E-state index in [1.807, 2.05) is 24.5 Å². The normalized spacial score (nSPS) is 29.1. The molecule has 0 saturated carbocycles. The van der Waals surface area contributed by atoms with Gasteiger partial charge in [-0.05, 0) is 37.5 Å². The van der Waals surface area contributed by atoms with Crippen LogP contribution >= 0.6 is 0 Å². The third kappa shape index (κ3) is 1.23. The average Bonchev–Trinajstić information content (AvgIpc) is 2.55. The Bertz CT molecular complexity index is 252. The molecule has 1 saturated heterocycles. The van der Waals surface area contributed by atoms with E-state index < -0.39 is 0 Å². The Hall–Kier alpha value is -0.890. The molecule has 0 aromatic carbocycles. The van der Waals surface area contributed by atoms with Crippen molar-refractivity contribution in [1.82, 2.24) is 4.98 Å². The smallest absolute Gasteiger partial charge is 0.0905 e. The van der Waals surface area contributed by atoms with Crippen molar-refractivity contribution in [2.75, 3.05) is 6.61 Å². The minimum Gasteiger partial charge on any atom is -0.371 e. The van der Waals surface area contributed by atoms with Crippen LogP contribution in [0.4, 0.5) is 0 Å². The highest BCUT2D eigenvalue weighted by molar-refractivity contribution is 5.19. The number of aromatic nitrogens is 1. The summed E-state index contributed by atoms with van der Waals surface area (Å²) >= 11 is 0. The maximum absolute atomic E-state index is 5.70. The molecule has 64 valence electrons. The van der Waals surface area contributed by atoms with E-state index in [9.17, 15) is 0 Å². The monoisotopic (exact) mass is 163 g/mol. The Kier molecular flexibility index (Phi) is 1.85. The molecule has 2 heteroatoms. The molecule has 1 fully saturated rings. The number of hydrogen-bond donors (Lipinski definition) is 0. The highest BCUT2D eigenvalue weighted by Crippen LogP contribution is 2.34. The molecule has 2 nitrogen and oxygen atoms in total. The zero-order valence-corrected chi connectivity index (χ0v) is 7.29. The standard InChI is InChI=1S/C10H13NO/c1-10(5-2-8-12-10)9-3-6-11-7-4-9/h3-4,6-7H,2,5,8H2,1H3. The Balaban J connectivity index is 2.29. The van der Waals surface area contributed by atoms with Crippen LogP contribution in [0.25, 0.3) is 0 Å². The third-order valence-corrected chi connectivity index (χ3v) is 2.51. The van der Waals surface area contributed by atoms with Gasteiger partial charge in [-0.3, -0.25) is 4.98 Å². The fourth-order valence-corrected chi connectivity index (χ4v) is 1.71. The minimum absolute atomic E-state index is 0.0526. The summed E-state index contributed by atoms with van der Waals surface area (Å²) in [6, 6.07) is 4.07. The van der Waals surface area contributed by atoms with Crippen LogP contribution in [-0.2, 0) is 10.3 Å². The molecule has 12 heavy (non-hydrogen) atoms. The van der Waals surface area contributed by atoms with E-state index in [1.165, 1.54) is 12.0 Å². The minimum atomic E-state index is -0.0526. The first-order valence-corrected chi connectivity index (χ1v) is 4.36. The molecule has 0 spiro atoms. The summed E-state index contributed by atoms with van der Waals surface area (Å²) in [6.07, 6.45) is 5.93. The van der Waals surface area contributed by atoms with Crippen molar-refractivity contribution in [3.05, 3.63) is 30.1 Å². The maximum atomic E-state index is 5.70. The lowest BCUT2D eigenvalue weighted by Crippen LogP contribution is -2.19. The van der Waals surface area contributed by atoms with Gasteiger partial charge in [-0.15, -0.1) is 0 Å². The Morgan fingerprint density at radius 1 is 1.42 bits per heavy atom. The number of nitrogens with zero attached hydrogens (tertiary/aromatic N) is 1. The lowest BCUT2D eigenvalue weighted by atomic mass is 9.94. The van der Waals surface area contributed by atoms with Gasteiger partial charge in [-0.25, -0.2) is 0 Å². The van der Waals surface area contributed by atoms with Gasteiger partial charge >= 0.3 is 0 Å². The van der Waals surface area contributed by atoms with Gasteiger partial charge in [0.25, 0.3) is 0 Å². The van der Waals surface area contributed by atoms with Crippen molar-refractivity contribution in [1.29, 1.82) is 0 Å². The SMILES string of the molecule is CC1(c2ccncc2)CCCO1. The molecular weight excluding hydrogens is 150 g/mol. The maximum Gasteiger partial charge on any atom is 0.0905 e. The van der Waals surface area contributed by atoms with Gasteiger partial charge in [0.1, 0.15) is 0 Å². The largest absolute Gasteiger partial charge is 0.371 e. The molecule has 0 N–H and O–H groups in total. The van der Waals surface area contributed by atoms with Crippen LogP contribution in [0, 0.1) is 0 Å². The quantitative estimate of drug-likeness (QED) is 0.632. The summed E-state index contributed by atoms with van der Waals surface area (Å²) in [5.41, 5.74) is 1.19. The van der Waals surface area contributed by atoms with Gasteiger partial charge in [-0.1, -0.05) is 0 Å². The topological polar surface area (TPSA) is 22.1 Å². The van der Waals surface area contributed by atoms with Crippen LogP contribution in [-0.4, -0.2) is 11.6 Å². The number of pyridine rings is 1. The van der Waals surface area contributed by atoms with E-state index in [0.717, 1.165) is 13.0 Å². The lowest BCUT2D eigenvalue weighted by molar-refractivity contribution is 0.0168. The lowest BCUT2D eigenvalue weighted by Gasteiger charge is -2.23. The molecule has 0 amide bonds. The molecular formula is C10H13NO. The average molecular weight is 163 g/mol. The molecule has 0 radical (unpaired) electrons. The molecule has 0 bridgehead atoms. The van der Waals surface area contributed by atoms with Gasteiger partial charge in [0, 0.05) is 19.0 Å². The van der Waals surface area contributed by atoms with Gasteiger partial charge in [-0.2, -0.15) is 0 Å². The number of hydrogen-bond acceptors (Lipinski definition) is 2. The van der Waals surface area contributed by atoms with Crippen molar-refractivity contribution < 1.29 is 4.74 Å².